The van der Waals surface area contributed by atoms with Gasteiger partial charge in [0, 0.05) is 18.3 Å². The first-order valence-electron chi connectivity index (χ1n) is 12.9. The molecule has 7 nitrogen and oxygen atoms in total. The van der Waals surface area contributed by atoms with Gasteiger partial charge < -0.3 is 10.2 Å². The van der Waals surface area contributed by atoms with Crippen molar-refractivity contribution in [2.45, 2.75) is 65.6 Å². The number of hydrogen-bond acceptors (Lipinski definition) is 4. The Bertz CT molecular complexity index is 1230. The van der Waals surface area contributed by atoms with Gasteiger partial charge in [-0.05, 0) is 48.9 Å². The molecule has 0 radical (unpaired) electrons. The Balaban J connectivity index is 0.00000195. The SMILES string of the molecule is CC.CC(NC(=O)C1CCCN1C(=O)C(C(C)C)n1ccnn1)c1ccc(-c2ccc(F)c(F)c2F)cc1. The number of halogens is 3. The predicted molar refractivity (Wildman–Crippen MR) is 138 cm³/mol. The lowest BCUT2D eigenvalue weighted by molar-refractivity contribution is -0.142. The molecule has 1 aliphatic rings. The summed E-state index contributed by atoms with van der Waals surface area (Å²) in [7, 11) is 0. The second kappa shape index (κ2) is 12.7. The van der Waals surface area contributed by atoms with Crippen LogP contribution in [-0.4, -0.2) is 44.3 Å². The minimum atomic E-state index is -1.52. The van der Waals surface area contributed by atoms with E-state index in [4.69, 9.17) is 0 Å². The van der Waals surface area contributed by atoms with Crippen molar-refractivity contribution >= 4 is 11.8 Å². The average Bonchev–Trinajstić information content (AvgIpc) is 3.61. The second-order valence-corrected chi connectivity index (χ2v) is 9.34. The van der Waals surface area contributed by atoms with Gasteiger partial charge in [0.25, 0.3) is 0 Å². The van der Waals surface area contributed by atoms with Gasteiger partial charge in [-0.25, -0.2) is 17.9 Å². The Kier molecular flexibility index (Phi) is 9.66. The first kappa shape index (κ1) is 28.9. The van der Waals surface area contributed by atoms with E-state index in [0.29, 0.717) is 18.5 Å². The van der Waals surface area contributed by atoms with E-state index in [1.165, 1.54) is 16.9 Å². The lowest BCUT2D eigenvalue weighted by atomic mass is 10.00. The summed E-state index contributed by atoms with van der Waals surface area (Å²) in [5.74, 6) is -4.48. The number of hydrogen-bond donors (Lipinski definition) is 1. The van der Waals surface area contributed by atoms with Crippen molar-refractivity contribution in [1.82, 2.24) is 25.2 Å². The van der Waals surface area contributed by atoms with E-state index in [-0.39, 0.29) is 23.3 Å². The fraction of sp³-hybridized carbons (Fsp3) is 0.429. The zero-order valence-corrected chi connectivity index (χ0v) is 22.3. The van der Waals surface area contributed by atoms with Gasteiger partial charge >= 0.3 is 0 Å². The average molecular weight is 530 g/mol. The third kappa shape index (κ3) is 6.06. The van der Waals surface area contributed by atoms with Crippen LogP contribution in [-0.2, 0) is 9.59 Å². The molecule has 1 fully saturated rings. The molecule has 2 heterocycles. The van der Waals surface area contributed by atoms with E-state index in [0.717, 1.165) is 18.1 Å². The monoisotopic (exact) mass is 529 g/mol. The summed E-state index contributed by atoms with van der Waals surface area (Å²) < 4.78 is 42.5. The van der Waals surface area contributed by atoms with Gasteiger partial charge in [0.1, 0.15) is 12.1 Å². The van der Waals surface area contributed by atoms with Crippen molar-refractivity contribution in [1.29, 1.82) is 0 Å². The van der Waals surface area contributed by atoms with Gasteiger partial charge in [0.05, 0.1) is 12.2 Å². The molecule has 0 aliphatic carbocycles. The summed E-state index contributed by atoms with van der Waals surface area (Å²) >= 11 is 0. The Hall–Kier alpha value is -3.69. The Morgan fingerprint density at radius 2 is 1.68 bits per heavy atom. The number of rotatable bonds is 7. The largest absolute Gasteiger partial charge is 0.348 e. The van der Waals surface area contributed by atoms with E-state index in [1.807, 2.05) is 27.7 Å². The molecule has 1 saturated heterocycles. The van der Waals surface area contributed by atoms with Crippen molar-refractivity contribution in [3.8, 4) is 11.1 Å². The van der Waals surface area contributed by atoms with Crippen molar-refractivity contribution in [3.05, 3.63) is 71.8 Å². The van der Waals surface area contributed by atoms with Crippen molar-refractivity contribution in [2.24, 2.45) is 5.92 Å². The summed E-state index contributed by atoms with van der Waals surface area (Å²) in [6.07, 6.45) is 4.44. The molecule has 10 heteroatoms. The summed E-state index contributed by atoms with van der Waals surface area (Å²) in [5.41, 5.74) is 1.08. The van der Waals surface area contributed by atoms with E-state index in [9.17, 15) is 22.8 Å². The molecule has 3 unspecified atom stereocenters. The molecule has 4 rings (SSSR count). The molecule has 0 spiro atoms. The highest BCUT2D eigenvalue weighted by Crippen LogP contribution is 2.29. The number of carbonyl (C=O) groups excluding carboxylic acids is 2. The van der Waals surface area contributed by atoms with Crippen LogP contribution in [0.4, 0.5) is 13.2 Å². The summed E-state index contributed by atoms with van der Waals surface area (Å²) in [4.78, 5) is 28.2. The summed E-state index contributed by atoms with van der Waals surface area (Å²) in [6, 6.07) is 7.08. The van der Waals surface area contributed by atoms with Gasteiger partial charge in [-0.2, -0.15) is 0 Å². The second-order valence-electron chi connectivity index (χ2n) is 9.34. The Labute approximate surface area is 221 Å². The zero-order valence-electron chi connectivity index (χ0n) is 22.3. The van der Waals surface area contributed by atoms with Gasteiger partial charge in [-0.1, -0.05) is 57.2 Å². The molecule has 1 N–H and O–H groups in total. The smallest absolute Gasteiger partial charge is 0.248 e. The minimum absolute atomic E-state index is 0.0413. The predicted octanol–water partition coefficient (Wildman–Crippen LogP) is 5.45. The third-order valence-electron chi connectivity index (χ3n) is 6.56. The molecular formula is C28H34F3N5O2. The van der Waals surface area contributed by atoms with Crippen LogP contribution >= 0.6 is 0 Å². The normalized spacial score (nSPS) is 16.6. The standard InChI is InChI=1S/C26H28F3N5O2.C2H6/c1-15(2)24(34-14-12-30-32-34)26(36)33-13-4-5-21(33)25(35)31-16(3)17-6-8-18(9-7-17)19-10-11-20(27)23(29)22(19)28;1-2/h6-12,14-16,21,24H,4-5,13H2,1-3H3,(H,31,35);1-2H3. The fourth-order valence-corrected chi connectivity index (χ4v) is 4.64. The van der Waals surface area contributed by atoms with E-state index < -0.39 is 35.6 Å². The van der Waals surface area contributed by atoms with Crippen LogP contribution in [0.3, 0.4) is 0 Å². The van der Waals surface area contributed by atoms with Gasteiger partial charge in [-0.3, -0.25) is 9.59 Å². The Morgan fingerprint density at radius 1 is 1.00 bits per heavy atom. The van der Waals surface area contributed by atoms with Crippen LogP contribution in [0.1, 0.15) is 65.1 Å². The molecule has 2 amide bonds. The highest BCUT2D eigenvalue weighted by molar-refractivity contribution is 5.90. The van der Waals surface area contributed by atoms with Gasteiger partial charge in [0.2, 0.25) is 11.8 Å². The molecule has 0 saturated carbocycles. The molecule has 3 atom stereocenters. The fourth-order valence-electron chi connectivity index (χ4n) is 4.64. The quantitative estimate of drug-likeness (QED) is 0.413. The molecule has 2 aromatic carbocycles. The van der Waals surface area contributed by atoms with Crippen LogP contribution in [0.5, 0.6) is 0 Å². The maximum absolute atomic E-state index is 14.1. The molecule has 3 aromatic rings. The number of nitrogens with zero attached hydrogens (tertiary/aromatic N) is 4. The lowest BCUT2D eigenvalue weighted by Gasteiger charge is -2.30. The zero-order chi connectivity index (χ0) is 28.0. The molecule has 0 bridgehead atoms. The molecular weight excluding hydrogens is 495 g/mol. The van der Waals surface area contributed by atoms with Crippen molar-refractivity contribution < 1.29 is 22.8 Å². The number of aromatic nitrogens is 3. The maximum atomic E-state index is 14.1. The number of nitrogens with one attached hydrogen (secondary N) is 1. The van der Waals surface area contributed by atoms with Crippen LogP contribution in [0.15, 0.2) is 48.8 Å². The maximum Gasteiger partial charge on any atom is 0.248 e. The van der Waals surface area contributed by atoms with Crippen molar-refractivity contribution in [2.75, 3.05) is 6.54 Å². The molecule has 204 valence electrons. The first-order valence-corrected chi connectivity index (χ1v) is 12.9. The number of likely N-dealkylation sites (tertiary alicyclic amines) is 1. The summed E-state index contributed by atoms with van der Waals surface area (Å²) in [5, 5.41) is 10.8. The molecule has 38 heavy (non-hydrogen) atoms. The summed E-state index contributed by atoms with van der Waals surface area (Å²) in [6.45, 7) is 10.1. The number of carbonyl (C=O) groups is 2. The first-order chi connectivity index (χ1) is 18.2. The topological polar surface area (TPSA) is 80.1 Å². The van der Waals surface area contributed by atoms with E-state index in [1.54, 1.807) is 42.3 Å². The minimum Gasteiger partial charge on any atom is -0.348 e. The molecule has 1 aromatic heterocycles. The van der Waals surface area contributed by atoms with Gasteiger partial charge in [0.15, 0.2) is 17.5 Å². The van der Waals surface area contributed by atoms with Crippen LogP contribution in [0.25, 0.3) is 11.1 Å². The highest BCUT2D eigenvalue weighted by Gasteiger charge is 2.39. The van der Waals surface area contributed by atoms with Crippen LogP contribution in [0, 0.1) is 23.4 Å². The number of amides is 2. The highest BCUT2D eigenvalue weighted by atomic mass is 19.2. The third-order valence-corrected chi connectivity index (χ3v) is 6.56. The van der Waals surface area contributed by atoms with Crippen molar-refractivity contribution in [3.63, 3.8) is 0 Å². The molecule has 1 aliphatic heterocycles. The number of benzene rings is 2. The van der Waals surface area contributed by atoms with E-state index >= 15 is 0 Å². The Morgan fingerprint density at radius 3 is 2.29 bits per heavy atom. The van der Waals surface area contributed by atoms with Crippen LogP contribution in [0.2, 0.25) is 0 Å². The van der Waals surface area contributed by atoms with Gasteiger partial charge in [-0.15, -0.1) is 5.10 Å². The lowest BCUT2D eigenvalue weighted by Crippen LogP contribution is -2.49. The van der Waals surface area contributed by atoms with Crippen LogP contribution < -0.4 is 5.32 Å². The van der Waals surface area contributed by atoms with E-state index in [2.05, 4.69) is 15.6 Å².